The van der Waals surface area contributed by atoms with E-state index in [1.54, 1.807) is 35.0 Å². The minimum atomic E-state index is -1.04. The van der Waals surface area contributed by atoms with Crippen LogP contribution >= 0.6 is 11.8 Å². The van der Waals surface area contributed by atoms with E-state index < -0.39 is 28.1 Å². The number of carbonyl (C=O) groups is 3. The van der Waals surface area contributed by atoms with Crippen molar-refractivity contribution in [2.45, 2.75) is 13.0 Å². The predicted molar refractivity (Wildman–Crippen MR) is 102 cm³/mol. The van der Waals surface area contributed by atoms with E-state index in [0.29, 0.717) is 11.4 Å². The van der Waals surface area contributed by atoms with Crippen LogP contribution in [0.2, 0.25) is 0 Å². The first kappa shape index (κ1) is 19.4. The number of esters is 1. The summed E-state index contributed by atoms with van der Waals surface area (Å²) >= 11 is 0.717. The number of hydrogen-bond donors (Lipinski definition) is 0. The van der Waals surface area contributed by atoms with Crippen molar-refractivity contribution in [1.82, 2.24) is 9.47 Å². The number of amides is 2. The molecule has 0 N–H and O–H groups in total. The van der Waals surface area contributed by atoms with Crippen molar-refractivity contribution in [2.24, 2.45) is 0 Å². The molecule has 1 atom stereocenters. The Kier molecular flexibility index (Phi) is 5.32. The Morgan fingerprint density at radius 3 is 2.71 bits per heavy atom. The highest BCUT2D eigenvalue weighted by molar-refractivity contribution is 8.18. The number of ether oxygens (including phenoxy) is 1. The second-order valence-electron chi connectivity index (χ2n) is 5.83. The van der Waals surface area contributed by atoms with E-state index in [1.807, 2.05) is 0 Å². The molecule has 1 unspecified atom stereocenters. The first-order valence-corrected chi connectivity index (χ1v) is 8.92. The van der Waals surface area contributed by atoms with Gasteiger partial charge in [0.15, 0.2) is 0 Å². The minimum absolute atomic E-state index is 0.0654. The molecule has 10 heteroatoms. The van der Waals surface area contributed by atoms with Crippen LogP contribution in [-0.4, -0.2) is 44.7 Å². The molecule has 9 nitrogen and oxygen atoms in total. The smallest absolute Gasteiger partial charge is 0.328 e. The lowest BCUT2D eigenvalue weighted by Crippen LogP contribution is -2.42. The molecule has 1 saturated heterocycles. The van der Waals surface area contributed by atoms with E-state index in [1.165, 1.54) is 32.2 Å². The maximum Gasteiger partial charge on any atom is 0.328 e. The van der Waals surface area contributed by atoms with Crippen LogP contribution in [0.5, 0.6) is 0 Å². The molecule has 28 heavy (non-hydrogen) atoms. The number of rotatable bonds is 5. The van der Waals surface area contributed by atoms with E-state index in [-0.39, 0.29) is 10.6 Å². The van der Waals surface area contributed by atoms with Gasteiger partial charge in [0.05, 0.1) is 22.6 Å². The Labute approximate surface area is 163 Å². The third-order valence-corrected chi connectivity index (χ3v) is 5.01. The number of imide groups is 1. The van der Waals surface area contributed by atoms with Gasteiger partial charge in [0.25, 0.3) is 16.8 Å². The summed E-state index contributed by atoms with van der Waals surface area (Å²) in [5.41, 5.74) is 1.02. The van der Waals surface area contributed by atoms with E-state index in [2.05, 4.69) is 4.74 Å². The van der Waals surface area contributed by atoms with Gasteiger partial charge in [-0.05, 0) is 43.0 Å². The van der Waals surface area contributed by atoms with E-state index in [0.717, 1.165) is 16.7 Å². The molecular formula is C18H15N3O6S. The van der Waals surface area contributed by atoms with Crippen molar-refractivity contribution >= 4 is 40.6 Å². The molecule has 144 valence electrons. The Hall–Kier alpha value is -3.40. The van der Waals surface area contributed by atoms with Gasteiger partial charge in [-0.3, -0.25) is 24.6 Å². The fraction of sp³-hybridized carbons (Fsp3) is 0.167. The zero-order chi connectivity index (χ0) is 20.4. The molecule has 2 heterocycles. The number of carbonyl (C=O) groups excluding carboxylic acids is 3. The number of non-ortho nitro benzene ring substituents is 1. The maximum absolute atomic E-state index is 12.6. The van der Waals surface area contributed by atoms with Crippen LogP contribution in [0.4, 0.5) is 10.5 Å². The van der Waals surface area contributed by atoms with Gasteiger partial charge in [0, 0.05) is 24.0 Å². The molecule has 2 amide bonds. The first-order valence-electron chi connectivity index (χ1n) is 8.10. The third-order valence-electron chi connectivity index (χ3n) is 4.13. The lowest BCUT2D eigenvalue weighted by molar-refractivity contribution is -0.384. The average Bonchev–Trinajstić information content (AvgIpc) is 3.25. The van der Waals surface area contributed by atoms with Crippen LogP contribution in [0.3, 0.4) is 0 Å². The lowest BCUT2D eigenvalue weighted by Gasteiger charge is -2.18. The number of nitrogens with zero attached hydrogens (tertiary/aromatic N) is 3. The van der Waals surface area contributed by atoms with Crippen LogP contribution in [0.15, 0.2) is 47.5 Å². The molecule has 1 fully saturated rings. The van der Waals surface area contributed by atoms with Crippen molar-refractivity contribution in [2.75, 3.05) is 7.11 Å². The zero-order valence-corrected chi connectivity index (χ0v) is 15.7. The number of aromatic nitrogens is 1. The second-order valence-corrected chi connectivity index (χ2v) is 6.82. The number of nitro groups is 1. The molecule has 0 saturated carbocycles. The Morgan fingerprint density at radius 1 is 1.29 bits per heavy atom. The fourth-order valence-corrected chi connectivity index (χ4v) is 3.62. The molecule has 0 bridgehead atoms. The van der Waals surface area contributed by atoms with Crippen LogP contribution in [-0.2, 0) is 14.3 Å². The van der Waals surface area contributed by atoms with Gasteiger partial charge in [0.1, 0.15) is 6.04 Å². The molecule has 1 aliphatic rings. The monoisotopic (exact) mass is 401 g/mol. The minimum Gasteiger partial charge on any atom is -0.467 e. The summed E-state index contributed by atoms with van der Waals surface area (Å²) < 4.78 is 6.25. The van der Waals surface area contributed by atoms with Crippen molar-refractivity contribution in [3.63, 3.8) is 0 Å². The Bertz CT molecular complexity index is 1010. The number of thioether (sulfide) groups is 1. The quantitative estimate of drug-likeness (QED) is 0.328. The Balaban J connectivity index is 1.94. The van der Waals surface area contributed by atoms with Crippen molar-refractivity contribution < 1.29 is 24.0 Å². The van der Waals surface area contributed by atoms with Gasteiger partial charge in [0.2, 0.25) is 0 Å². The van der Waals surface area contributed by atoms with Gasteiger partial charge < -0.3 is 9.30 Å². The molecule has 0 aliphatic carbocycles. The fourth-order valence-electron chi connectivity index (χ4n) is 2.73. The predicted octanol–water partition coefficient (Wildman–Crippen LogP) is 2.98. The Morgan fingerprint density at radius 2 is 2.04 bits per heavy atom. The van der Waals surface area contributed by atoms with Gasteiger partial charge >= 0.3 is 5.97 Å². The van der Waals surface area contributed by atoms with Gasteiger partial charge in [-0.1, -0.05) is 6.07 Å². The number of methoxy groups -OCH3 is 1. The molecule has 0 spiro atoms. The summed E-state index contributed by atoms with van der Waals surface area (Å²) in [6, 6.07) is 8.42. The van der Waals surface area contributed by atoms with Gasteiger partial charge in [-0.2, -0.15) is 0 Å². The maximum atomic E-state index is 12.6. The number of hydrogen-bond acceptors (Lipinski definition) is 7. The molecule has 1 aliphatic heterocycles. The van der Waals surface area contributed by atoms with Crippen molar-refractivity contribution in [1.29, 1.82) is 0 Å². The molecule has 1 aromatic carbocycles. The van der Waals surface area contributed by atoms with E-state index >= 15 is 0 Å². The summed E-state index contributed by atoms with van der Waals surface area (Å²) in [5.74, 6) is -1.29. The topological polar surface area (TPSA) is 112 Å². The van der Waals surface area contributed by atoms with Crippen LogP contribution in [0.25, 0.3) is 11.8 Å². The van der Waals surface area contributed by atoms with E-state index in [9.17, 15) is 24.5 Å². The van der Waals surface area contributed by atoms with Gasteiger partial charge in [-0.25, -0.2) is 4.79 Å². The zero-order valence-electron chi connectivity index (χ0n) is 14.9. The second kappa shape index (κ2) is 7.69. The summed E-state index contributed by atoms with van der Waals surface area (Å²) in [6.07, 6.45) is 3.19. The highest BCUT2D eigenvalue weighted by atomic mass is 32.2. The summed E-state index contributed by atoms with van der Waals surface area (Å²) in [4.78, 5) is 48.0. The van der Waals surface area contributed by atoms with Crippen LogP contribution in [0, 0.1) is 10.1 Å². The first-order chi connectivity index (χ1) is 13.3. The van der Waals surface area contributed by atoms with E-state index in [4.69, 9.17) is 0 Å². The normalized spacial score (nSPS) is 16.5. The molecule has 2 aromatic rings. The molecule has 0 radical (unpaired) electrons. The summed E-state index contributed by atoms with van der Waals surface area (Å²) in [6.45, 7) is 1.41. The van der Waals surface area contributed by atoms with Crippen molar-refractivity contribution in [3.05, 3.63) is 63.3 Å². The highest BCUT2D eigenvalue weighted by Crippen LogP contribution is 2.34. The average molecular weight is 401 g/mol. The molecule has 3 rings (SSSR count). The summed E-state index contributed by atoms with van der Waals surface area (Å²) in [7, 11) is 1.18. The van der Waals surface area contributed by atoms with Crippen LogP contribution in [0.1, 0.15) is 12.6 Å². The standard InChI is InChI=1S/C18H15N3O6S/c1-11(17(23)27-2)20-16(22)15(28-18(20)24)10-13-7-4-8-19(13)12-5-3-6-14(9-12)21(25)26/h3-11H,1-2H3/b15-10+. The molecular weight excluding hydrogens is 386 g/mol. The lowest BCUT2D eigenvalue weighted by atomic mass is 10.2. The number of nitro benzene ring substituents is 1. The third kappa shape index (κ3) is 3.54. The molecule has 1 aromatic heterocycles. The SMILES string of the molecule is COC(=O)C(C)N1C(=O)S/C(=C/c2cccn2-c2cccc([N+](=O)[O-])c2)C1=O. The largest absolute Gasteiger partial charge is 0.467 e. The van der Waals surface area contributed by atoms with Crippen molar-refractivity contribution in [3.8, 4) is 5.69 Å². The van der Waals surface area contributed by atoms with Crippen LogP contribution < -0.4 is 0 Å². The highest BCUT2D eigenvalue weighted by Gasteiger charge is 2.41. The number of benzene rings is 1. The summed E-state index contributed by atoms with van der Waals surface area (Å²) in [5, 5.41) is 10.4. The van der Waals surface area contributed by atoms with Gasteiger partial charge in [-0.15, -0.1) is 0 Å².